The summed E-state index contributed by atoms with van der Waals surface area (Å²) in [6, 6.07) is 3.91. The number of fused-ring (bicyclic) bond motifs is 1. The van der Waals surface area contributed by atoms with E-state index in [1.54, 1.807) is 12.4 Å². The van der Waals surface area contributed by atoms with E-state index in [0.717, 1.165) is 47.5 Å². The summed E-state index contributed by atoms with van der Waals surface area (Å²) < 4.78 is 2.29. The standard InChI is InChI=1S/C24H33N3O2/c1-16(2)15-27-17(3)19(23-20(27)13-24(4,5)14-21(23)28)12-22(29)26-11-8-18-6-9-25-10-7-18/h6-7,9-10,16H,8,11-15H2,1-5H3,(H,26,29). The number of rotatable bonds is 7. The van der Waals surface area contributed by atoms with Crippen LogP contribution in [-0.2, 0) is 30.6 Å². The molecular weight excluding hydrogens is 362 g/mol. The van der Waals surface area contributed by atoms with Crippen molar-refractivity contribution in [1.82, 2.24) is 14.9 Å². The normalized spacial score (nSPS) is 15.4. The van der Waals surface area contributed by atoms with Gasteiger partial charge in [-0.25, -0.2) is 0 Å². The van der Waals surface area contributed by atoms with Gasteiger partial charge in [-0.15, -0.1) is 0 Å². The minimum absolute atomic E-state index is 0.0238. The van der Waals surface area contributed by atoms with Crippen LogP contribution in [0.15, 0.2) is 24.5 Å². The fourth-order valence-electron chi connectivity index (χ4n) is 4.35. The first-order chi connectivity index (χ1) is 13.7. The highest BCUT2D eigenvalue weighted by molar-refractivity contribution is 6.01. The smallest absolute Gasteiger partial charge is 0.224 e. The number of aromatic nitrogens is 2. The second kappa shape index (κ2) is 8.52. The Morgan fingerprint density at radius 3 is 2.59 bits per heavy atom. The molecule has 1 amide bonds. The van der Waals surface area contributed by atoms with Gasteiger partial charge in [0.25, 0.3) is 0 Å². The van der Waals surface area contributed by atoms with Gasteiger partial charge < -0.3 is 9.88 Å². The fraction of sp³-hybridized carbons (Fsp3) is 0.542. The van der Waals surface area contributed by atoms with Crippen molar-refractivity contribution in [2.24, 2.45) is 11.3 Å². The number of nitrogens with zero attached hydrogens (tertiary/aromatic N) is 2. The van der Waals surface area contributed by atoms with Crippen LogP contribution in [0.1, 0.15) is 67.0 Å². The lowest BCUT2D eigenvalue weighted by molar-refractivity contribution is -0.120. The van der Waals surface area contributed by atoms with Crippen LogP contribution in [0.5, 0.6) is 0 Å². The van der Waals surface area contributed by atoms with E-state index in [-0.39, 0.29) is 23.5 Å². The Labute approximate surface area is 173 Å². The maximum absolute atomic E-state index is 13.0. The summed E-state index contributed by atoms with van der Waals surface area (Å²) in [7, 11) is 0. The molecule has 3 rings (SSSR count). The van der Waals surface area contributed by atoms with Crippen molar-refractivity contribution in [1.29, 1.82) is 0 Å². The van der Waals surface area contributed by atoms with Crippen LogP contribution in [0.25, 0.3) is 0 Å². The third-order valence-corrected chi connectivity index (χ3v) is 5.69. The largest absolute Gasteiger partial charge is 0.355 e. The highest BCUT2D eigenvalue weighted by Crippen LogP contribution is 2.39. The van der Waals surface area contributed by atoms with Crippen molar-refractivity contribution in [2.45, 2.75) is 66.8 Å². The van der Waals surface area contributed by atoms with Crippen LogP contribution in [0.3, 0.4) is 0 Å². The number of Topliss-reactive ketones (excluding diaryl/α,β-unsaturated/α-hetero) is 1. The summed E-state index contributed by atoms with van der Waals surface area (Å²) in [5.74, 6) is 0.637. The van der Waals surface area contributed by atoms with E-state index in [0.29, 0.717) is 18.9 Å². The molecule has 0 radical (unpaired) electrons. The molecule has 5 nitrogen and oxygen atoms in total. The number of carbonyl (C=O) groups is 2. The zero-order valence-electron chi connectivity index (χ0n) is 18.3. The van der Waals surface area contributed by atoms with Crippen molar-refractivity contribution in [3.05, 3.63) is 52.6 Å². The minimum Gasteiger partial charge on any atom is -0.355 e. The Morgan fingerprint density at radius 2 is 1.93 bits per heavy atom. The van der Waals surface area contributed by atoms with Gasteiger partial charge in [0, 0.05) is 48.9 Å². The molecule has 2 heterocycles. The Bertz CT molecular complexity index is 895. The predicted molar refractivity (Wildman–Crippen MR) is 115 cm³/mol. The van der Waals surface area contributed by atoms with Crippen molar-refractivity contribution >= 4 is 11.7 Å². The molecular formula is C24H33N3O2. The summed E-state index contributed by atoms with van der Waals surface area (Å²) in [6.45, 7) is 12.2. The zero-order chi connectivity index (χ0) is 21.2. The molecule has 0 saturated heterocycles. The predicted octanol–water partition coefficient (Wildman–Crippen LogP) is 3.90. The molecule has 0 aromatic carbocycles. The van der Waals surface area contributed by atoms with E-state index in [9.17, 15) is 9.59 Å². The molecule has 1 N–H and O–H groups in total. The van der Waals surface area contributed by atoms with Gasteiger partial charge in [-0.1, -0.05) is 27.7 Å². The lowest BCUT2D eigenvalue weighted by Crippen LogP contribution is -2.30. The van der Waals surface area contributed by atoms with Gasteiger partial charge in [0.2, 0.25) is 5.91 Å². The van der Waals surface area contributed by atoms with Crippen LogP contribution in [0, 0.1) is 18.3 Å². The molecule has 0 bridgehead atoms. The molecule has 0 unspecified atom stereocenters. The van der Waals surface area contributed by atoms with E-state index in [2.05, 4.69) is 49.5 Å². The Hall–Kier alpha value is -2.43. The molecule has 2 aromatic heterocycles. The molecule has 0 saturated carbocycles. The Balaban J connectivity index is 1.79. The van der Waals surface area contributed by atoms with Gasteiger partial charge in [0.05, 0.1) is 6.42 Å². The molecule has 0 fully saturated rings. The number of hydrogen-bond acceptors (Lipinski definition) is 3. The van der Waals surface area contributed by atoms with Crippen LogP contribution < -0.4 is 5.32 Å². The van der Waals surface area contributed by atoms with E-state index in [4.69, 9.17) is 0 Å². The fourth-order valence-corrected chi connectivity index (χ4v) is 4.35. The van der Waals surface area contributed by atoms with Crippen LogP contribution in [-0.4, -0.2) is 27.8 Å². The van der Waals surface area contributed by atoms with Crippen molar-refractivity contribution in [3.63, 3.8) is 0 Å². The molecule has 0 atom stereocenters. The van der Waals surface area contributed by atoms with Gasteiger partial charge in [0.1, 0.15) is 0 Å². The van der Waals surface area contributed by atoms with Crippen LogP contribution in [0.4, 0.5) is 0 Å². The third-order valence-electron chi connectivity index (χ3n) is 5.69. The quantitative estimate of drug-likeness (QED) is 0.773. The van der Waals surface area contributed by atoms with E-state index in [1.807, 2.05) is 12.1 Å². The Kier molecular flexibility index (Phi) is 6.25. The number of amides is 1. The summed E-state index contributed by atoms with van der Waals surface area (Å²) in [4.78, 5) is 29.7. The molecule has 0 aliphatic heterocycles. The Morgan fingerprint density at radius 1 is 1.24 bits per heavy atom. The van der Waals surface area contributed by atoms with E-state index in [1.165, 1.54) is 0 Å². The molecule has 2 aromatic rings. The summed E-state index contributed by atoms with van der Waals surface area (Å²) >= 11 is 0. The number of pyridine rings is 1. The van der Waals surface area contributed by atoms with Gasteiger partial charge in [0.15, 0.2) is 5.78 Å². The second-order valence-corrected chi connectivity index (χ2v) is 9.46. The number of hydrogen-bond donors (Lipinski definition) is 1. The summed E-state index contributed by atoms with van der Waals surface area (Å²) in [5, 5.41) is 3.01. The van der Waals surface area contributed by atoms with Gasteiger partial charge in [-0.2, -0.15) is 0 Å². The van der Waals surface area contributed by atoms with E-state index >= 15 is 0 Å². The second-order valence-electron chi connectivity index (χ2n) is 9.46. The monoisotopic (exact) mass is 395 g/mol. The van der Waals surface area contributed by atoms with E-state index < -0.39 is 0 Å². The molecule has 1 aliphatic carbocycles. The lowest BCUT2D eigenvalue weighted by Gasteiger charge is -2.30. The number of ketones is 1. The van der Waals surface area contributed by atoms with Gasteiger partial charge in [-0.3, -0.25) is 14.6 Å². The van der Waals surface area contributed by atoms with Crippen molar-refractivity contribution in [3.8, 4) is 0 Å². The van der Waals surface area contributed by atoms with Crippen molar-refractivity contribution in [2.75, 3.05) is 6.54 Å². The van der Waals surface area contributed by atoms with Crippen LogP contribution >= 0.6 is 0 Å². The topological polar surface area (TPSA) is 64.0 Å². The first-order valence-corrected chi connectivity index (χ1v) is 10.6. The van der Waals surface area contributed by atoms with Gasteiger partial charge >= 0.3 is 0 Å². The van der Waals surface area contributed by atoms with Gasteiger partial charge in [-0.05, 0) is 54.4 Å². The summed E-state index contributed by atoms with van der Waals surface area (Å²) in [5.41, 5.74) is 5.04. The van der Waals surface area contributed by atoms with Crippen molar-refractivity contribution < 1.29 is 9.59 Å². The number of nitrogens with one attached hydrogen (secondary N) is 1. The van der Waals surface area contributed by atoms with Crippen LogP contribution in [0.2, 0.25) is 0 Å². The number of carbonyl (C=O) groups excluding carboxylic acids is 2. The highest BCUT2D eigenvalue weighted by atomic mass is 16.1. The molecule has 1 aliphatic rings. The zero-order valence-corrected chi connectivity index (χ0v) is 18.3. The highest BCUT2D eigenvalue weighted by Gasteiger charge is 2.37. The average Bonchev–Trinajstić information content (AvgIpc) is 2.87. The SMILES string of the molecule is Cc1c(CC(=O)NCCc2ccncc2)c2c(n1CC(C)C)CC(C)(C)CC2=O. The average molecular weight is 396 g/mol. The minimum atomic E-state index is -0.0341. The first kappa shape index (κ1) is 21.3. The molecule has 0 spiro atoms. The molecule has 156 valence electrons. The summed E-state index contributed by atoms with van der Waals surface area (Å²) in [6.07, 6.45) is 5.98. The molecule has 5 heteroatoms. The molecule has 29 heavy (non-hydrogen) atoms. The third kappa shape index (κ3) is 4.95. The maximum atomic E-state index is 13.0. The maximum Gasteiger partial charge on any atom is 0.224 e. The lowest BCUT2D eigenvalue weighted by atomic mass is 9.75. The first-order valence-electron chi connectivity index (χ1n) is 10.6.